The van der Waals surface area contributed by atoms with Gasteiger partial charge in [-0.3, -0.25) is 0 Å². The molecule has 19 heavy (non-hydrogen) atoms. The zero-order valence-electron chi connectivity index (χ0n) is 12.4. The van der Waals surface area contributed by atoms with E-state index in [1.165, 1.54) is 0 Å². The van der Waals surface area contributed by atoms with Gasteiger partial charge in [-0.25, -0.2) is 0 Å². The van der Waals surface area contributed by atoms with E-state index >= 15 is 0 Å². The molecule has 0 radical (unpaired) electrons. The van der Waals surface area contributed by atoms with E-state index in [-0.39, 0.29) is 6.10 Å². The van der Waals surface area contributed by atoms with E-state index in [0.29, 0.717) is 19.1 Å². The lowest BCUT2D eigenvalue weighted by atomic mass is 10.1. The monoisotopic (exact) mass is 265 g/mol. The van der Waals surface area contributed by atoms with E-state index in [4.69, 9.17) is 14.3 Å². The van der Waals surface area contributed by atoms with Crippen LogP contribution >= 0.6 is 0 Å². The Balaban J connectivity index is 2.56. The fourth-order valence-corrected chi connectivity index (χ4v) is 1.62. The van der Waals surface area contributed by atoms with Crippen LogP contribution in [0.1, 0.15) is 38.8 Å². The van der Waals surface area contributed by atoms with Gasteiger partial charge in [-0.05, 0) is 51.0 Å². The van der Waals surface area contributed by atoms with Crippen molar-refractivity contribution in [2.75, 3.05) is 6.61 Å². The lowest BCUT2D eigenvalue weighted by molar-refractivity contribution is 0.119. The van der Waals surface area contributed by atoms with Crippen molar-refractivity contribution >= 4 is 5.90 Å². The quantitative estimate of drug-likeness (QED) is 0.447. The molecule has 0 spiro atoms. The Morgan fingerprint density at radius 2 is 2.05 bits per heavy atom. The highest BCUT2D eigenvalue weighted by molar-refractivity contribution is 5.72. The van der Waals surface area contributed by atoms with Crippen molar-refractivity contribution in [3.63, 3.8) is 0 Å². The second-order valence-corrected chi connectivity index (χ2v) is 4.58. The molecule has 0 aromatic heterocycles. The van der Waals surface area contributed by atoms with Crippen molar-refractivity contribution in [3.05, 3.63) is 29.3 Å². The summed E-state index contributed by atoms with van der Waals surface area (Å²) in [7, 11) is 0. The lowest BCUT2D eigenvalue weighted by Gasteiger charge is -2.13. The van der Waals surface area contributed by atoms with Crippen LogP contribution in [0.2, 0.25) is 0 Å². The molecule has 0 bridgehead atoms. The Kier molecular flexibility index (Phi) is 6.19. The minimum atomic E-state index is 0.180. The zero-order chi connectivity index (χ0) is 14.3. The predicted molar refractivity (Wildman–Crippen MR) is 76.5 cm³/mol. The summed E-state index contributed by atoms with van der Waals surface area (Å²) in [6.45, 7) is 10.8. The van der Waals surface area contributed by atoms with Gasteiger partial charge in [0, 0.05) is 6.92 Å². The third-order valence-electron chi connectivity index (χ3n) is 2.38. The average Bonchev–Trinajstić information content (AvgIpc) is 2.32. The second kappa shape index (κ2) is 7.67. The molecular formula is C15H23NO3. The maximum absolute atomic E-state index is 5.69. The topological polar surface area (TPSA) is 40.0 Å². The molecule has 0 aliphatic heterocycles. The normalized spacial score (nSPS) is 11.6. The Bertz CT molecular complexity index is 427. The molecule has 0 heterocycles. The number of oxime groups is 1. The minimum Gasteiger partial charge on any atom is -0.491 e. The first kappa shape index (κ1) is 15.3. The largest absolute Gasteiger partial charge is 0.491 e. The van der Waals surface area contributed by atoms with Gasteiger partial charge in [-0.15, -0.1) is 0 Å². The van der Waals surface area contributed by atoms with Gasteiger partial charge in [0.2, 0.25) is 5.90 Å². The molecule has 0 amide bonds. The maximum atomic E-state index is 5.69. The maximum Gasteiger partial charge on any atom is 0.222 e. The molecule has 0 N–H and O–H groups in total. The molecule has 0 saturated heterocycles. The fourth-order valence-electron chi connectivity index (χ4n) is 1.62. The smallest absolute Gasteiger partial charge is 0.222 e. The van der Waals surface area contributed by atoms with E-state index in [1.54, 1.807) is 6.92 Å². The number of rotatable bonds is 6. The summed E-state index contributed by atoms with van der Waals surface area (Å²) in [4.78, 5) is 5.23. The van der Waals surface area contributed by atoms with Crippen LogP contribution in [0.15, 0.2) is 23.4 Å². The molecule has 1 rings (SSSR count). The molecule has 0 saturated carbocycles. The average molecular weight is 265 g/mol. The van der Waals surface area contributed by atoms with Crippen LogP contribution in [0.4, 0.5) is 0 Å². The van der Waals surface area contributed by atoms with Crippen molar-refractivity contribution in [1.29, 1.82) is 0 Å². The van der Waals surface area contributed by atoms with Crippen LogP contribution < -0.4 is 4.74 Å². The number of nitrogens with zero attached hydrogens (tertiary/aromatic N) is 1. The van der Waals surface area contributed by atoms with Gasteiger partial charge in [0.25, 0.3) is 0 Å². The zero-order valence-corrected chi connectivity index (χ0v) is 12.4. The van der Waals surface area contributed by atoms with Crippen LogP contribution in [0.3, 0.4) is 0 Å². The van der Waals surface area contributed by atoms with Crippen LogP contribution in [0.25, 0.3) is 0 Å². The van der Waals surface area contributed by atoms with Gasteiger partial charge in [0.1, 0.15) is 12.4 Å². The van der Waals surface area contributed by atoms with E-state index in [9.17, 15) is 0 Å². The molecule has 0 aliphatic rings. The van der Waals surface area contributed by atoms with Gasteiger partial charge in [-0.1, -0.05) is 11.2 Å². The van der Waals surface area contributed by atoms with Gasteiger partial charge < -0.3 is 14.3 Å². The number of aryl methyl sites for hydroxylation is 1. The van der Waals surface area contributed by atoms with E-state index < -0.39 is 0 Å². The van der Waals surface area contributed by atoms with Gasteiger partial charge >= 0.3 is 0 Å². The molecule has 0 unspecified atom stereocenters. The number of hydrogen-bond donors (Lipinski definition) is 0. The number of benzene rings is 1. The van der Waals surface area contributed by atoms with Crippen molar-refractivity contribution < 1.29 is 14.3 Å². The van der Waals surface area contributed by atoms with Gasteiger partial charge in [0.05, 0.1) is 12.7 Å². The number of hydrogen-bond acceptors (Lipinski definition) is 4. The standard InChI is InChI=1S/C15H23NO3/c1-6-17-13(5)16-18-10-14-7-8-15(12(4)9-14)19-11(2)3/h7-9,11H,6,10H2,1-5H3/b16-13+. The van der Waals surface area contributed by atoms with E-state index in [1.807, 2.05) is 45.9 Å². The first-order valence-electron chi connectivity index (χ1n) is 6.58. The number of ether oxygens (including phenoxy) is 2. The predicted octanol–water partition coefficient (Wildman–Crippen LogP) is 3.67. The molecular weight excluding hydrogens is 242 g/mol. The summed E-state index contributed by atoms with van der Waals surface area (Å²) < 4.78 is 10.9. The highest BCUT2D eigenvalue weighted by atomic mass is 16.6. The third kappa shape index (κ3) is 5.64. The Morgan fingerprint density at radius 3 is 2.63 bits per heavy atom. The summed E-state index contributed by atoms with van der Waals surface area (Å²) >= 11 is 0. The van der Waals surface area contributed by atoms with Crippen LogP contribution in [0.5, 0.6) is 5.75 Å². The van der Waals surface area contributed by atoms with Gasteiger partial charge in [0.15, 0.2) is 0 Å². The highest BCUT2D eigenvalue weighted by Crippen LogP contribution is 2.20. The van der Waals surface area contributed by atoms with Crippen molar-refractivity contribution in [2.24, 2.45) is 5.16 Å². The molecule has 106 valence electrons. The third-order valence-corrected chi connectivity index (χ3v) is 2.38. The molecule has 0 fully saturated rings. The molecule has 0 atom stereocenters. The minimum absolute atomic E-state index is 0.180. The molecule has 4 nitrogen and oxygen atoms in total. The summed E-state index contributed by atoms with van der Waals surface area (Å²) in [5.41, 5.74) is 2.15. The van der Waals surface area contributed by atoms with Crippen molar-refractivity contribution in [2.45, 2.75) is 47.3 Å². The first-order chi connectivity index (χ1) is 9.02. The Labute approximate surface area is 115 Å². The molecule has 1 aromatic carbocycles. The summed E-state index contributed by atoms with van der Waals surface area (Å²) in [6, 6.07) is 5.99. The lowest BCUT2D eigenvalue weighted by Crippen LogP contribution is -2.06. The van der Waals surface area contributed by atoms with Crippen molar-refractivity contribution in [3.8, 4) is 5.75 Å². The molecule has 4 heteroatoms. The van der Waals surface area contributed by atoms with E-state index in [0.717, 1.165) is 16.9 Å². The molecule has 0 aliphatic carbocycles. The molecule has 1 aromatic rings. The van der Waals surface area contributed by atoms with Gasteiger partial charge in [-0.2, -0.15) is 0 Å². The summed E-state index contributed by atoms with van der Waals surface area (Å²) in [5.74, 6) is 1.45. The SMILES string of the molecule is CCO/C(C)=N/OCc1ccc(OC(C)C)c(C)c1. The van der Waals surface area contributed by atoms with Crippen LogP contribution in [-0.4, -0.2) is 18.6 Å². The van der Waals surface area contributed by atoms with Crippen LogP contribution in [-0.2, 0) is 16.2 Å². The second-order valence-electron chi connectivity index (χ2n) is 4.58. The fraction of sp³-hybridized carbons (Fsp3) is 0.533. The summed E-state index contributed by atoms with van der Waals surface area (Å²) in [6.07, 6.45) is 0.180. The summed E-state index contributed by atoms with van der Waals surface area (Å²) in [5, 5.41) is 3.87. The first-order valence-corrected chi connectivity index (χ1v) is 6.58. The van der Waals surface area contributed by atoms with E-state index in [2.05, 4.69) is 5.16 Å². The van der Waals surface area contributed by atoms with Crippen LogP contribution in [0, 0.1) is 6.92 Å². The Morgan fingerprint density at radius 1 is 1.32 bits per heavy atom. The van der Waals surface area contributed by atoms with Crippen molar-refractivity contribution in [1.82, 2.24) is 0 Å². The Hall–Kier alpha value is -1.71. The highest BCUT2D eigenvalue weighted by Gasteiger charge is 2.03.